The molecule has 3 atom stereocenters. The van der Waals surface area contributed by atoms with Crippen molar-refractivity contribution in [2.24, 2.45) is 35.5 Å². The average Bonchev–Trinajstić information content (AvgIpc) is 2.61. The topological polar surface area (TPSA) is 94.5 Å². The maximum absolute atomic E-state index is 15.0. The Morgan fingerprint density at radius 3 is 1.89 bits per heavy atom. The van der Waals surface area contributed by atoms with E-state index in [9.17, 15) is 0 Å². The lowest BCUT2D eigenvalue weighted by molar-refractivity contribution is 0.0336. The molecule has 3 fully saturated rings. The van der Waals surface area contributed by atoms with Gasteiger partial charge >= 0.3 is 0 Å². The van der Waals surface area contributed by atoms with E-state index in [4.69, 9.17) is 0 Å². The van der Waals surface area contributed by atoms with Crippen LogP contribution in [0.5, 0.6) is 0 Å². The normalized spacial score (nSPS) is 39.3. The quantitative estimate of drug-likeness (QED) is 0.601. The highest BCUT2D eigenvalue weighted by Gasteiger charge is 2.39. The van der Waals surface area contributed by atoms with E-state index in [1.54, 1.807) is 0 Å². The third-order valence-electron chi connectivity index (χ3n) is 7.87. The van der Waals surface area contributed by atoms with Crippen molar-refractivity contribution in [2.75, 3.05) is 0 Å². The molecule has 0 aromatic rings. The summed E-state index contributed by atoms with van der Waals surface area (Å²) in [5.74, 6) is 4.42. The second kappa shape index (κ2) is 12.9. The predicted octanol–water partition coefficient (Wildman–Crippen LogP) is 4.87. The average molecular weight is 389 g/mol. The molecule has 0 saturated heterocycles. The standard InChI is InChI=1S/C23H39F.3H2O/c1-3-4-5-18-8-12-20(13-9-18)22-15-14-21(16-23(22)24)19-10-6-17(2)7-11-19;;;/h3,17-23H,1,4-16H2,2H3;3*1H2. The van der Waals surface area contributed by atoms with Crippen molar-refractivity contribution in [3.05, 3.63) is 12.7 Å². The van der Waals surface area contributed by atoms with Gasteiger partial charge in [0.05, 0.1) is 0 Å². The van der Waals surface area contributed by atoms with Gasteiger partial charge in [-0.25, -0.2) is 4.39 Å². The highest BCUT2D eigenvalue weighted by atomic mass is 19.1. The molecule has 4 heteroatoms. The molecule has 0 aromatic carbocycles. The minimum absolute atomic E-state index is 0. The number of hydrogen-bond acceptors (Lipinski definition) is 0. The Balaban J connectivity index is 0.00000225. The van der Waals surface area contributed by atoms with E-state index in [2.05, 4.69) is 19.6 Å². The summed E-state index contributed by atoms with van der Waals surface area (Å²) in [5, 5.41) is 0. The molecule has 0 aromatic heterocycles. The molecule has 3 aliphatic rings. The highest BCUT2D eigenvalue weighted by Crippen LogP contribution is 2.47. The molecule has 0 spiro atoms. The molecule has 3 unspecified atom stereocenters. The molecule has 3 nitrogen and oxygen atoms in total. The Bertz CT molecular complexity index is 387. The molecule has 0 radical (unpaired) electrons. The van der Waals surface area contributed by atoms with Crippen molar-refractivity contribution < 1.29 is 20.8 Å². The monoisotopic (exact) mass is 388 g/mol. The third-order valence-corrected chi connectivity index (χ3v) is 7.87. The minimum Gasteiger partial charge on any atom is -0.412 e. The second-order valence-corrected chi connectivity index (χ2v) is 9.42. The van der Waals surface area contributed by atoms with Crippen LogP contribution in [0.2, 0.25) is 0 Å². The summed E-state index contributed by atoms with van der Waals surface area (Å²) in [7, 11) is 0. The van der Waals surface area contributed by atoms with E-state index < -0.39 is 6.17 Å². The number of rotatable bonds is 5. The van der Waals surface area contributed by atoms with Crippen LogP contribution < -0.4 is 0 Å². The molecule has 0 heterocycles. The van der Waals surface area contributed by atoms with Crippen LogP contribution in [0.3, 0.4) is 0 Å². The molecule has 0 bridgehead atoms. The first-order valence-corrected chi connectivity index (χ1v) is 10.9. The molecule has 3 aliphatic carbocycles. The Morgan fingerprint density at radius 1 is 0.778 bits per heavy atom. The van der Waals surface area contributed by atoms with Gasteiger partial charge in [0.1, 0.15) is 6.17 Å². The molecule has 3 saturated carbocycles. The summed E-state index contributed by atoms with van der Waals surface area (Å²) in [6, 6.07) is 0. The SMILES string of the molecule is C=CCCC1CCC(C2CCC(C3CCC(C)CC3)CC2F)CC1.O.O.O. The molecule has 3 rings (SSSR count). The van der Waals surface area contributed by atoms with Crippen LogP contribution >= 0.6 is 0 Å². The van der Waals surface area contributed by atoms with E-state index >= 15 is 4.39 Å². The smallest absolute Gasteiger partial charge is 0.103 e. The maximum Gasteiger partial charge on any atom is 0.103 e. The Kier molecular flexibility index (Phi) is 12.7. The van der Waals surface area contributed by atoms with Crippen LogP contribution in [0.25, 0.3) is 0 Å². The van der Waals surface area contributed by atoms with Gasteiger partial charge in [-0.2, -0.15) is 0 Å². The fourth-order valence-electron chi connectivity index (χ4n) is 6.14. The van der Waals surface area contributed by atoms with Crippen LogP contribution in [0, 0.1) is 35.5 Å². The summed E-state index contributed by atoms with van der Waals surface area (Å²) < 4.78 is 15.0. The summed E-state index contributed by atoms with van der Waals surface area (Å²) in [4.78, 5) is 0. The van der Waals surface area contributed by atoms with Gasteiger partial charge in [0, 0.05) is 0 Å². The molecular weight excluding hydrogens is 343 g/mol. The van der Waals surface area contributed by atoms with Gasteiger partial charge in [0.2, 0.25) is 0 Å². The Hall–Kier alpha value is -0.450. The lowest BCUT2D eigenvalue weighted by Gasteiger charge is -2.43. The number of allylic oxidation sites excluding steroid dienone is 1. The fourth-order valence-corrected chi connectivity index (χ4v) is 6.14. The molecule has 0 amide bonds. The largest absolute Gasteiger partial charge is 0.412 e. The van der Waals surface area contributed by atoms with Crippen LogP contribution in [0.1, 0.15) is 90.4 Å². The summed E-state index contributed by atoms with van der Waals surface area (Å²) in [6.07, 6.45) is 18.2. The van der Waals surface area contributed by atoms with Gasteiger partial charge in [-0.1, -0.05) is 38.7 Å². The summed E-state index contributed by atoms with van der Waals surface area (Å²) >= 11 is 0. The van der Waals surface area contributed by atoms with Crippen LogP contribution in [0.15, 0.2) is 12.7 Å². The highest BCUT2D eigenvalue weighted by molar-refractivity contribution is 4.90. The van der Waals surface area contributed by atoms with E-state index in [0.29, 0.717) is 17.8 Å². The molecule has 6 N–H and O–H groups in total. The number of halogens is 1. The number of alkyl halides is 1. The van der Waals surface area contributed by atoms with Crippen molar-refractivity contribution in [1.29, 1.82) is 0 Å². The zero-order chi connectivity index (χ0) is 16.9. The van der Waals surface area contributed by atoms with Crippen molar-refractivity contribution >= 4 is 0 Å². The van der Waals surface area contributed by atoms with E-state index in [0.717, 1.165) is 30.6 Å². The summed E-state index contributed by atoms with van der Waals surface area (Å²) in [5.41, 5.74) is 0. The third kappa shape index (κ3) is 7.14. The van der Waals surface area contributed by atoms with Crippen LogP contribution in [0.4, 0.5) is 4.39 Å². The lowest BCUT2D eigenvalue weighted by atomic mass is 9.64. The first-order chi connectivity index (χ1) is 11.7. The van der Waals surface area contributed by atoms with Gasteiger partial charge < -0.3 is 16.4 Å². The van der Waals surface area contributed by atoms with Crippen molar-refractivity contribution in [1.82, 2.24) is 0 Å². The van der Waals surface area contributed by atoms with E-state index in [1.165, 1.54) is 70.6 Å². The van der Waals surface area contributed by atoms with Gasteiger partial charge in [-0.05, 0) is 93.3 Å². The van der Waals surface area contributed by atoms with E-state index in [1.807, 2.05) is 0 Å². The number of hydrogen-bond donors (Lipinski definition) is 0. The van der Waals surface area contributed by atoms with Crippen molar-refractivity contribution in [2.45, 2.75) is 96.6 Å². The second-order valence-electron chi connectivity index (χ2n) is 9.42. The first-order valence-electron chi connectivity index (χ1n) is 10.9. The zero-order valence-electron chi connectivity index (χ0n) is 17.4. The van der Waals surface area contributed by atoms with Gasteiger partial charge in [-0.3, -0.25) is 0 Å². The Labute approximate surface area is 166 Å². The molecular formula is C23H45FO3. The maximum atomic E-state index is 15.0. The van der Waals surface area contributed by atoms with Gasteiger partial charge in [0.25, 0.3) is 0 Å². The van der Waals surface area contributed by atoms with Crippen LogP contribution in [-0.2, 0) is 0 Å². The van der Waals surface area contributed by atoms with E-state index in [-0.39, 0.29) is 16.4 Å². The minimum atomic E-state index is -0.502. The Morgan fingerprint density at radius 2 is 1.33 bits per heavy atom. The van der Waals surface area contributed by atoms with Crippen LogP contribution in [-0.4, -0.2) is 22.6 Å². The van der Waals surface area contributed by atoms with Gasteiger partial charge in [0.15, 0.2) is 0 Å². The van der Waals surface area contributed by atoms with Crippen molar-refractivity contribution in [3.63, 3.8) is 0 Å². The molecule has 0 aliphatic heterocycles. The predicted molar refractivity (Wildman–Crippen MR) is 113 cm³/mol. The fraction of sp³-hybridized carbons (Fsp3) is 0.913. The lowest BCUT2D eigenvalue weighted by Crippen LogP contribution is -2.36. The first kappa shape index (κ1) is 26.6. The molecule has 27 heavy (non-hydrogen) atoms. The summed E-state index contributed by atoms with van der Waals surface area (Å²) in [6.45, 7) is 6.23. The van der Waals surface area contributed by atoms with Gasteiger partial charge in [-0.15, -0.1) is 6.58 Å². The zero-order valence-corrected chi connectivity index (χ0v) is 17.4. The molecule has 162 valence electrons. The van der Waals surface area contributed by atoms with Crippen molar-refractivity contribution in [3.8, 4) is 0 Å².